The number of H-pyrrole nitrogens is 1. The molecule has 1 aromatic heterocycles. The Balaban J connectivity index is 2.93. The van der Waals surface area contributed by atoms with Gasteiger partial charge in [-0.25, -0.2) is 9.59 Å². The Morgan fingerprint density at radius 2 is 2.13 bits per heavy atom. The second kappa shape index (κ2) is 3.54. The maximum Gasteiger partial charge on any atom is 0.419 e. The highest BCUT2D eigenvalue weighted by Crippen LogP contribution is 2.27. The van der Waals surface area contributed by atoms with Crippen molar-refractivity contribution >= 4 is 26.8 Å². The fraction of sp³-hybridized carbons (Fsp3) is 0.111. The molecule has 0 bridgehead atoms. The summed E-state index contributed by atoms with van der Waals surface area (Å²) in [5.74, 6) is -0.249. The number of aromatic nitrogens is 1. The Morgan fingerprint density at radius 3 is 2.80 bits per heavy atom. The van der Waals surface area contributed by atoms with E-state index in [9.17, 15) is 9.59 Å². The van der Waals surface area contributed by atoms with Gasteiger partial charge in [0.2, 0.25) is 0 Å². The first-order valence-electron chi connectivity index (χ1n) is 4.02. The van der Waals surface area contributed by atoms with Crippen LogP contribution < -0.4 is 16.1 Å². The zero-order valence-electron chi connectivity index (χ0n) is 7.67. The smallest absolute Gasteiger partial charge is 0.419 e. The second-order valence-electron chi connectivity index (χ2n) is 2.83. The molecule has 0 aliphatic rings. The highest BCUT2D eigenvalue weighted by molar-refractivity contribution is 9.10. The molecule has 0 radical (unpaired) electrons. The first-order valence-corrected chi connectivity index (χ1v) is 4.82. The minimum atomic E-state index is -0.781. The Bertz CT molecular complexity index is 628. The molecular formula is C9H6BrNO4. The van der Waals surface area contributed by atoms with Crippen molar-refractivity contribution in [2.24, 2.45) is 0 Å². The summed E-state index contributed by atoms with van der Waals surface area (Å²) in [7, 11) is 1.50. The minimum Gasteiger partial charge on any atom is -0.495 e. The first kappa shape index (κ1) is 9.97. The van der Waals surface area contributed by atoms with Crippen LogP contribution in [0, 0.1) is 0 Å². The van der Waals surface area contributed by atoms with Crippen LogP contribution in [0.1, 0.15) is 0 Å². The molecule has 1 aromatic carbocycles. The Hall–Kier alpha value is -1.56. The molecule has 15 heavy (non-hydrogen) atoms. The average Bonchev–Trinajstić information content (AvgIpc) is 2.18. The molecule has 0 atom stereocenters. The normalized spacial score (nSPS) is 10.5. The second-order valence-corrected chi connectivity index (χ2v) is 3.69. The summed E-state index contributed by atoms with van der Waals surface area (Å²) in [6.45, 7) is 0. The van der Waals surface area contributed by atoms with Crippen LogP contribution in [-0.4, -0.2) is 12.1 Å². The van der Waals surface area contributed by atoms with E-state index in [0.717, 1.165) is 0 Å². The van der Waals surface area contributed by atoms with Crippen LogP contribution in [0.25, 0.3) is 10.9 Å². The van der Waals surface area contributed by atoms with Gasteiger partial charge in [-0.1, -0.05) is 0 Å². The number of hydrogen-bond acceptors (Lipinski definition) is 4. The van der Waals surface area contributed by atoms with E-state index in [2.05, 4.69) is 25.3 Å². The fourth-order valence-electron chi connectivity index (χ4n) is 1.26. The van der Waals surface area contributed by atoms with Crippen molar-refractivity contribution in [1.82, 2.24) is 4.98 Å². The van der Waals surface area contributed by atoms with E-state index in [0.29, 0.717) is 21.1 Å². The zero-order valence-corrected chi connectivity index (χ0v) is 9.25. The van der Waals surface area contributed by atoms with Gasteiger partial charge < -0.3 is 9.15 Å². The van der Waals surface area contributed by atoms with E-state index in [1.807, 2.05) is 0 Å². The van der Waals surface area contributed by atoms with Gasteiger partial charge in [0.15, 0.2) is 0 Å². The third-order valence-corrected chi connectivity index (χ3v) is 2.55. The van der Waals surface area contributed by atoms with E-state index in [-0.39, 0.29) is 0 Å². The van der Waals surface area contributed by atoms with E-state index in [4.69, 9.17) is 4.74 Å². The summed E-state index contributed by atoms with van der Waals surface area (Å²) in [5, 5.41) is 0.294. The number of benzene rings is 1. The van der Waals surface area contributed by atoms with Gasteiger partial charge in [-0.05, 0) is 22.0 Å². The Kier molecular flexibility index (Phi) is 2.36. The molecule has 0 spiro atoms. The number of ether oxygens (including phenoxy) is 1. The molecule has 0 amide bonds. The summed E-state index contributed by atoms with van der Waals surface area (Å²) in [6.07, 6.45) is 0. The number of aromatic amines is 1. The van der Waals surface area contributed by atoms with Crippen molar-refractivity contribution in [3.05, 3.63) is 37.6 Å². The van der Waals surface area contributed by atoms with Gasteiger partial charge in [-0.15, -0.1) is 0 Å². The predicted molar refractivity (Wildman–Crippen MR) is 57.4 cm³/mol. The molecule has 0 saturated heterocycles. The monoisotopic (exact) mass is 271 g/mol. The summed E-state index contributed by atoms with van der Waals surface area (Å²) < 4.78 is 10.0. The van der Waals surface area contributed by atoms with Crippen molar-refractivity contribution in [1.29, 1.82) is 0 Å². The molecule has 0 aliphatic carbocycles. The van der Waals surface area contributed by atoms with E-state index < -0.39 is 11.4 Å². The maximum absolute atomic E-state index is 11.3. The van der Waals surface area contributed by atoms with Crippen molar-refractivity contribution in [3.8, 4) is 5.75 Å². The summed E-state index contributed by atoms with van der Waals surface area (Å²) in [6, 6.07) is 3.09. The standard InChI is InChI=1S/C9H6BrNO4/c1-14-7-3-6-4(2-5(7)10)8(12)15-9(13)11-6/h2-3H,1H3,(H,11,13). The SMILES string of the molecule is COc1cc2[nH]c(=O)oc(=O)c2cc1Br. The molecule has 5 nitrogen and oxygen atoms in total. The number of nitrogens with one attached hydrogen (secondary N) is 1. The van der Waals surface area contributed by atoms with Crippen LogP contribution in [0.15, 0.2) is 30.6 Å². The predicted octanol–water partition coefficient (Wildman–Crippen LogP) is 1.25. The van der Waals surface area contributed by atoms with Gasteiger partial charge in [-0.3, -0.25) is 4.98 Å². The number of rotatable bonds is 1. The van der Waals surface area contributed by atoms with Crippen LogP contribution in [0.3, 0.4) is 0 Å². The van der Waals surface area contributed by atoms with Gasteiger partial charge >= 0.3 is 11.4 Å². The number of methoxy groups -OCH3 is 1. The van der Waals surface area contributed by atoms with Crippen LogP contribution in [0.2, 0.25) is 0 Å². The van der Waals surface area contributed by atoms with Gasteiger partial charge in [0.25, 0.3) is 0 Å². The molecule has 0 fully saturated rings. The number of fused-ring (bicyclic) bond motifs is 1. The lowest BCUT2D eigenvalue weighted by Gasteiger charge is -2.03. The van der Waals surface area contributed by atoms with E-state index >= 15 is 0 Å². The molecule has 1 heterocycles. The first-order chi connectivity index (χ1) is 7.11. The van der Waals surface area contributed by atoms with E-state index in [1.54, 1.807) is 6.07 Å². The van der Waals surface area contributed by atoms with Crippen LogP contribution >= 0.6 is 15.9 Å². The molecule has 2 aromatic rings. The lowest BCUT2D eigenvalue weighted by atomic mass is 10.2. The molecule has 2 rings (SSSR count). The van der Waals surface area contributed by atoms with Crippen LogP contribution in [0.4, 0.5) is 0 Å². The van der Waals surface area contributed by atoms with Crippen molar-refractivity contribution in [2.45, 2.75) is 0 Å². The van der Waals surface area contributed by atoms with E-state index in [1.165, 1.54) is 13.2 Å². The summed E-state index contributed by atoms with van der Waals surface area (Å²) in [4.78, 5) is 24.6. The lowest BCUT2D eigenvalue weighted by molar-refractivity contribution is 0.412. The fourth-order valence-corrected chi connectivity index (χ4v) is 1.76. The van der Waals surface area contributed by atoms with Crippen LogP contribution in [-0.2, 0) is 0 Å². The summed E-state index contributed by atoms with van der Waals surface area (Å²) >= 11 is 3.23. The highest BCUT2D eigenvalue weighted by Gasteiger charge is 2.07. The molecular weight excluding hydrogens is 266 g/mol. The molecule has 0 saturated carbocycles. The molecule has 0 unspecified atom stereocenters. The van der Waals surface area contributed by atoms with Crippen molar-refractivity contribution in [2.75, 3.05) is 7.11 Å². The third kappa shape index (κ3) is 1.68. The molecule has 1 N–H and O–H groups in total. The minimum absolute atomic E-state index is 0.294. The summed E-state index contributed by atoms with van der Waals surface area (Å²) in [5.41, 5.74) is -0.284. The van der Waals surface area contributed by atoms with Gasteiger partial charge in [0.1, 0.15) is 5.75 Å². The Labute approximate surface area is 91.8 Å². The average molecular weight is 272 g/mol. The lowest BCUT2D eigenvalue weighted by Crippen LogP contribution is -2.14. The van der Waals surface area contributed by atoms with Gasteiger partial charge in [-0.2, -0.15) is 0 Å². The number of hydrogen-bond donors (Lipinski definition) is 1. The molecule has 78 valence electrons. The van der Waals surface area contributed by atoms with Crippen LogP contribution in [0.5, 0.6) is 5.75 Å². The quantitative estimate of drug-likeness (QED) is 0.848. The zero-order chi connectivity index (χ0) is 11.0. The van der Waals surface area contributed by atoms with Crippen molar-refractivity contribution < 1.29 is 9.15 Å². The highest BCUT2D eigenvalue weighted by atomic mass is 79.9. The maximum atomic E-state index is 11.3. The van der Waals surface area contributed by atoms with Gasteiger partial charge in [0, 0.05) is 6.07 Å². The topological polar surface area (TPSA) is 72.3 Å². The van der Waals surface area contributed by atoms with Crippen molar-refractivity contribution in [3.63, 3.8) is 0 Å². The number of halogens is 1. The molecule has 6 heteroatoms. The molecule has 0 aliphatic heterocycles. The largest absolute Gasteiger partial charge is 0.495 e. The Morgan fingerprint density at radius 1 is 1.40 bits per heavy atom. The third-order valence-electron chi connectivity index (χ3n) is 1.93. The van der Waals surface area contributed by atoms with Gasteiger partial charge in [0.05, 0.1) is 22.5 Å².